The molecule has 20 heavy (non-hydrogen) atoms. The van der Waals surface area contributed by atoms with Gasteiger partial charge < -0.3 is 5.32 Å². The van der Waals surface area contributed by atoms with E-state index in [2.05, 4.69) is 12.2 Å². The van der Waals surface area contributed by atoms with Gasteiger partial charge in [0.05, 0.1) is 12.5 Å². The van der Waals surface area contributed by atoms with Gasteiger partial charge in [-0.3, -0.25) is 14.5 Å². The molecule has 2 rings (SSSR count). The number of nitrogens with one attached hydrogen (secondary N) is 1. The maximum atomic E-state index is 12.4. The Morgan fingerprint density at radius 3 is 2.40 bits per heavy atom. The Morgan fingerprint density at radius 2 is 1.85 bits per heavy atom. The van der Waals surface area contributed by atoms with E-state index < -0.39 is 0 Å². The fraction of sp³-hybridized carbons (Fsp3) is 0.875. The SMILES string of the molecule is CCC(CC)N1C(=O)CC(NCC2(C)CCCC2)C1=O. The van der Waals surface area contributed by atoms with Crippen molar-refractivity contribution in [3.05, 3.63) is 0 Å². The average molecular weight is 280 g/mol. The van der Waals surface area contributed by atoms with E-state index in [0.717, 1.165) is 19.4 Å². The Balaban J connectivity index is 1.94. The molecule has 1 atom stereocenters. The Labute approximate surface area is 122 Å². The molecule has 4 nitrogen and oxygen atoms in total. The number of carbonyl (C=O) groups is 2. The maximum Gasteiger partial charge on any atom is 0.247 e. The van der Waals surface area contributed by atoms with Crippen LogP contribution < -0.4 is 5.32 Å². The van der Waals surface area contributed by atoms with Crippen molar-refractivity contribution in [3.63, 3.8) is 0 Å². The summed E-state index contributed by atoms with van der Waals surface area (Å²) in [6.07, 6.45) is 7.06. The van der Waals surface area contributed by atoms with E-state index >= 15 is 0 Å². The predicted molar refractivity (Wildman–Crippen MR) is 79.2 cm³/mol. The Bertz CT molecular complexity index is 371. The molecule has 1 saturated heterocycles. The lowest BCUT2D eigenvalue weighted by Gasteiger charge is -2.27. The van der Waals surface area contributed by atoms with Crippen molar-refractivity contribution in [1.29, 1.82) is 0 Å². The van der Waals surface area contributed by atoms with Crippen LogP contribution in [0.5, 0.6) is 0 Å². The average Bonchev–Trinajstić information content (AvgIpc) is 2.97. The molecular formula is C16H28N2O2. The zero-order valence-corrected chi connectivity index (χ0v) is 13.1. The van der Waals surface area contributed by atoms with Crippen LogP contribution >= 0.6 is 0 Å². The van der Waals surface area contributed by atoms with Gasteiger partial charge in [0, 0.05) is 12.6 Å². The van der Waals surface area contributed by atoms with Crippen LogP contribution in [0.3, 0.4) is 0 Å². The molecule has 2 aliphatic rings. The minimum absolute atomic E-state index is 0.00206. The monoisotopic (exact) mass is 280 g/mol. The molecule has 114 valence electrons. The van der Waals surface area contributed by atoms with E-state index in [1.165, 1.54) is 30.6 Å². The molecule has 1 unspecified atom stereocenters. The second kappa shape index (κ2) is 6.25. The van der Waals surface area contributed by atoms with Gasteiger partial charge in [-0.25, -0.2) is 0 Å². The fourth-order valence-corrected chi connectivity index (χ4v) is 3.62. The van der Waals surface area contributed by atoms with Crippen LogP contribution in [0.2, 0.25) is 0 Å². The second-order valence-corrected chi connectivity index (χ2v) is 6.73. The number of carbonyl (C=O) groups excluding carboxylic acids is 2. The van der Waals surface area contributed by atoms with Crippen molar-refractivity contribution in [3.8, 4) is 0 Å². The Hall–Kier alpha value is -0.900. The summed E-state index contributed by atoms with van der Waals surface area (Å²) in [7, 11) is 0. The highest BCUT2D eigenvalue weighted by molar-refractivity contribution is 6.05. The molecule has 2 amide bonds. The second-order valence-electron chi connectivity index (χ2n) is 6.73. The smallest absolute Gasteiger partial charge is 0.247 e. The lowest BCUT2D eigenvalue weighted by Crippen LogP contribution is -2.45. The number of nitrogens with zero attached hydrogens (tertiary/aromatic N) is 1. The van der Waals surface area contributed by atoms with Gasteiger partial charge in [0.15, 0.2) is 0 Å². The van der Waals surface area contributed by atoms with Crippen LogP contribution in [0, 0.1) is 5.41 Å². The summed E-state index contributed by atoms with van der Waals surface area (Å²) in [5.74, 6) is -0.0110. The molecule has 0 radical (unpaired) electrons. The van der Waals surface area contributed by atoms with Gasteiger partial charge in [-0.05, 0) is 31.1 Å². The van der Waals surface area contributed by atoms with Crippen molar-refractivity contribution < 1.29 is 9.59 Å². The van der Waals surface area contributed by atoms with Gasteiger partial charge in [-0.15, -0.1) is 0 Å². The quantitative estimate of drug-likeness (QED) is 0.760. The van der Waals surface area contributed by atoms with Crippen LogP contribution in [0.25, 0.3) is 0 Å². The number of amides is 2. The Morgan fingerprint density at radius 1 is 1.25 bits per heavy atom. The summed E-state index contributed by atoms with van der Waals surface area (Å²) >= 11 is 0. The van der Waals surface area contributed by atoms with E-state index in [1.54, 1.807) is 0 Å². The third-order valence-electron chi connectivity index (χ3n) is 5.08. The number of imide groups is 1. The van der Waals surface area contributed by atoms with Gasteiger partial charge in [0.1, 0.15) is 0 Å². The molecule has 0 aromatic carbocycles. The summed E-state index contributed by atoms with van der Waals surface area (Å²) in [6.45, 7) is 7.21. The summed E-state index contributed by atoms with van der Waals surface area (Å²) in [4.78, 5) is 26.0. The summed E-state index contributed by atoms with van der Waals surface area (Å²) in [6, 6.07) is -0.218. The molecule has 0 aromatic rings. The summed E-state index contributed by atoms with van der Waals surface area (Å²) in [5, 5.41) is 3.37. The number of likely N-dealkylation sites (tertiary alicyclic amines) is 1. The lowest BCUT2D eigenvalue weighted by atomic mass is 9.88. The molecule has 1 saturated carbocycles. The van der Waals surface area contributed by atoms with Crippen LogP contribution in [-0.4, -0.2) is 35.3 Å². The van der Waals surface area contributed by atoms with Gasteiger partial charge in [-0.2, -0.15) is 0 Å². The fourth-order valence-electron chi connectivity index (χ4n) is 3.62. The zero-order chi connectivity index (χ0) is 14.8. The van der Waals surface area contributed by atoms with Gasteiger partial charge in [0.2, 0.25) is 11.8 Å². The first kappa shape index (κ1) is 15.5. The van der Waals surface area contributed by atoms with E-state index in [1.807, 2.05) is 13.8 Å². The highest BCUT2D eigenvalue weighted by Gasteiger charge is 2.42. The molecular weight excluding hydrogens is 252 g/mol. The lowest BCUT2D eigenvalue weighted by molar-refractivity contribution is -0.141. The molecule has 0 bridgehead atoms. The molecule has 2 fully saturated rings. The molecule has 1 heterocycles. The number of rotatable bonds is 6. The van der Waals surface area contributed by atoms with Crippen LogP contribution in [-0.2, 0) is 9.59 Å². The van der Waals surface area contributed by atoms with Gasteiger partial charge in [0.25, 0.3) is 0 Å². The predicted octanol–water partition coefficient (Wildman–Crippen LogP) is 2.47. The first-order valence-electron chi connectivity index (χ1n) is 8.10. The van der Waals surface area contributed by atoms with Crippen molar-refractivity contribution in [2.45, 2.75) is 77.8 Å². The largest absolute Gasteiger partial charge is 0.305 e. The van der Waals surface area contributed by atoms with E-state index in [9.17, 15) is 9.59 Å². The minimum Gasteiger partial charge on any atom is -0.305 e. The van der Waals surface area contributed by atoms with Crippen LogP contribution in [0.1, 0.15) is 65.7 Å². The first-order valence-corrected chi connectivity index (χ1v) is 8.10. The normalized spacial score (nSPS) is 26.0. The third-order valence-corrected chi connectivity index (χ3v) is 5.08. The highest BCUT2D eigenvalue weighted by Crippen LogP contribution is 2.37. The van der Waals surface area contributed by atoms with E-state index in [0.29, 0.717) is 11.8 Å². The van der Waals surface area contributed by atoms with Crippen molar-refractivity contribution in [2.24, 2.45) is 5.41 Å². The number of hydrogen-bond donors (Lipinski definition) is 1. The summed E-state index contributed by atoms with van der Waals surface area (Å²) < 4.78 is 0. The van der Waals surface area contributed by atoms with Crippen LogP contribution in [0.4, 0.5) is 0 Å². The summed E-state index contributed by atoms with van der Waals surface area (Å²) in [5.41, 5.74) is 0.311. The maximum absolute atomic E-state index is 12.4. The van der Waals surface area contributed by atoms with E-state index in [-0.39, 0.29) is 23.9 Å². The van der Waals surface area contributed by atoms with Crippen molar-refractivity contribution in [1.82, 2.24) is 10.2 Å². The van der Waals surface area contributed by atoms with Gasteiger partial charge in [-0.1, -0.05) is 33.6 Å². The Kier molecular flexibility index (Phi) is 4.84. The molecule has 1 N–H and O–H groups in total. The van der Waals surface area contributed by atoms with E-state index in [4.69, 9.17) is 0 Å². The number of hydrogen-bond acceptors (Lipinski definition) is 3. The highest BCUT2D eigenvalue weighted by atomic mass is 16.2. The molecule has 4 heteroatoms. The van der Waals surface area contributed by atoms with Crippen molar-refractivity contribution in [2.75, 3.05) is 6.54 Å². The van der Waals surface area contributed by atoms with Crippen molar-refractivity contribution >= 4 is 11.8 Å². The molecule has 1 aliphatic heterocycles. The standard InChI is InChI=1S/C16H28N2O2/c1-4-12(5-2)18-14(19)10-13(15(18)20)17-11-16(3)8-6-7-9-16/h12-13,17H,4-11H2,1-3H3. The molecule has 1 aliphatic carbocycles. The molecule has 0 aromatic heterocycles. The zero-order valence-electron chi connectivity index (χ0n) is 13.1. The topological polar surface area (TPSA) is 49.4 Å². The third kappa shape index (κ3) is 3.05. The van der Waals surface area contributed by atoms with Gasteiger partial charge >= 0.3 is 0 Å². The van der Waals surface area contributed by atoms with Crippen LogP contribution in [0.15, 0.2) is 0 Å². The first-order chi connectivity index (χ1) is 9.50. The molecule has 0 spiro atoms. The minimum atomic E-state index is -0.291.